The molecule has 6 nitrogen and oxygen atoms in total. The maximum Gasteiger partial charge on any atom is 0.243 e. The van der Waals surface area contributed by atoms with Gasteiger partial charge in [0, 0.05) is 26.2 Å². The number of aryl methyl sites for hydroxylation is 2. The SMILES string of the molecule is CCc1ccc(S(=O)(=O)N2CCN(Cc3nc4ccc(C)cc4o3)CC2)cc1. The Balaban J connectivity index is 1.40. The molecule has 1 aromatic heterocycles. The highest BCUT2D eigenvalue weighted by Crippen LogP contribution is 2.21. The zero-order valence-electron chi connectivity index (χ0n) is 16.3. The van der Waals surface area contributed by atoms with E-state index in [4.69, 9.17) is 4.42 Å². The number of hydrogen-bond donors (Lipinski definition) is 0. The average Bonchev–Trinajstić information content (AvgIpc) is 3.09. The van der Waals surface area contributed by atoms with E-state index in [0.717, 1.165) is 28.6 Å². The van der Waals surface area contributed by atoms with Crippen LogP contribution in [0.15, 0.2) is 51.8 Å². The van der Waals surface area contributed by atoms with Gasteiger partial charge < -0.3 is 4.42 Å². The molecule has 4 rings (SSSR count). The normalized spacial score (nSPS) is 16.6. The Morgan fingerprint density at radius 2 is 1.75 bits per heavy atom. The molecule has 2 heterocycles. The van der Waals surface area contributed by atoms with Gasteiger partial charge in [0.25, 0.3) is 0 Å². The molecule has 0 saturated carbocycles. The van der Waals surface area contributed by atoms with Gasteiger partial charge in [0.15, 0.2) is 5.58 Å². The fourth-order valence-electron chi connectivity index (χ4n) is 3.51. The molecule has 1 saturated heterocycles. The lowest BCUT2D eigenvalue weighted by Crippen LogP contribution is -2.48. The summed E-state index contributed by atoms with van der Waals surface area (Å²) in [4.78, 5) is 7.09. The summed E-state index contributed by atoms with van der Waals surface area (Å²) >= 11 is 0. The second-order valence-corrected chi connectivity index (χ2v) is 9.19. The van der Waals surface area contributed by atoms with Gasteiger partial charge >= 0.3 is 0 Å². The Kier molecular flexibility index (Phi) is 5.23. The Hall–Kier alpha value is -2.22. The molecule has 7 heteroatoms. The second kappa shape index (κ2) is 7.66. The van der Waals surface area contributed by atoms with Gasteiger partial charge in [0.05, 0.1) is 11.4 Å². The third kappa shape index (κ3) is 3.83. The number of rotatable bonds is 5. The van der Waals surface area contributed by atoms with Crippen LogP contribution in [0.2, 0.25) is 0 Å². The summed E-state index contributed by atoms with van der Waals surface area (Å²) in [5, 5.41) is 0. The summed E-state index contributed by atoms with van der Waals surface area (Å²) in [6.07, 6.45) is 0.897. The molecule has 0 unspecified atom stereocenters. The van der Waals surface area contributed by atoms with Gasteiger partial charge in [0.2, 0.25) is 15.9 Å². The topological polar surface area (TPSA) is 66.7 Å². The van der Waals surface area contributed by atoms with Crippen molar-refractivity contribution in [3.63, 3.8) is 0 Å². The third-order valence-electron chi connectivity index (χ3n) is 5.25. The molecule has 1 aliphatic heterocycles. The monoisotopic (exact) mass is 399 g/mol. The van der Waals surface area contributed by atoms with E-state index in [1.807, 2.05) is 37.3 Å². The van der Waals surface area contributed by atoms with Crippen LogP contribution in [0.4, 0.5) is 0 Å². The van der Waals surface area contributed by atoms with Crippen molar-refractivity contribution in [2.24, 2.45) is 0 Å². The van der Waals surface area contributed by atoms with E-state index in [9.17, 15) is 8.42 Å². The van der Waals surface area contributed by atoms with E-state index < -0.39 is 10.0 Å². The largest absolute Gasteiger partial charge is 0.439 e. The van der Waals surface area contributed by atoms with Gasteiger partial charge in [-0.15, -0.1) is 0 Å². The minimum absolute atomic E-state index is 0.368. The summed E-state index contributed by atoms with van der Waals surface area (Å²) in [5.41, 5.74) is 3.93. The number of benzene rings is 2. The fourth-order valence-corrected chi connectivity index (χ4v) is 4.93. The van der Waals surface area contributed by atoms with Crippen molar-refractivity contribution in [2.45, 2.75) is 31.7 Å². The Morgan fingerprint density at radius 1 is 1.04 bits per heavy atom. The number of sulfonamides is 1. The molecule has 0 N–H and O–H groups in total. The molecule has 0 aliphatic carbocycles. The summed E-state index contributed by atoms with van der Waals surface area (Å²) in [5.74, 6) is 0.673. The van der Waals surface area contributed by atoms with Crippen molar-refractivity contribution in [3.8, 4) is 0 Å². The molecular formula is C21H25N3O3S. The van der Waals surface area contributed by atoms with E-state index in [1.54, 1.807) is 16.4 Å². The smallest absolute Gasteiger partial charge is 0.243 e. The van der Waals surface area contributed by atoms with Crippen molar-refractivity contribution < 1.29 is 12.8 Å². The second-order valence-electron chi connectivity index (χ2n) is 7.26. The Bertz CT molecular complexity index is 1070. The molecule has 28 heavy (non-hydrogen) atoms. The lowest BCUT2D eigenvalue weighted by Gasteiger charge is -2.33. The van der Waals surface area contributed by atoms with E-state index >= 15 is 0 Å². The maximum atomic E-state index is 12.9. The first-order chi connectivity index (χ1) is 13.5. The summed E-state index contributed by atoms with van der Waals surface area (Å²) in [7, 11) is -3.44. The van der Waals surface area contributed by atoms with Crippen LogP contribution in [0.25, 0.3) is 11.1 Å². The van der Waals surface area contributed by atoms with Crippen LogP contribution in [0.1, 0.15) is 23.9 Å². The molecule has 1 fully saturated rings. The third-order valence-corrected chi connectivity index (χ3v) is 7.16. The molecule has 148 valence electrons. The summed E-state index contributed by atoms with van der Waals surface area (Å²) in [6, 6.07) is 13.2. The van der Waals surface area contributed by atoms with Crippen LogP contribution >= 0.6 is 0 Å². The zero-order chi connectivity index (χ0) is 19.7. The van der Waals surface area contributed by atoms with Crippen LogP contribution in [0.3, 0.4) is 0 Å². The summed E-state index contributed by atoms with van der Waals surface area (Å²) in [6.45, 7) is 6.92. The first-order valence-electron chi connectivity index (χ1n) is 9.63. The van der Waals surface area contributed by atoms with E-state index in [0.29, 0.717) is 43.5 Å². The number of fused-ring (bicyclic) bond motifs is 1. The minimum Gasteiger partial charge on any atom is -0.439 e. The molecule has 2 aromatic carbocycles. The lowest BCUT2D eigenvalue weighted by molar-refractivity contribution is 0.169. The Labute approximate surface area is 165 Å². The summed E-state index contributed by atoms with van der Waals surface area (Å²) < 4.78 is 33.2. The molecule has 0 bridgehead atoms. The van der Waals surface area contributed by atoms with Gasteiger partial charge in [0.1, 0.15) is 5.52 Å². The fraction of sp³-hybridized carbons (Fsp3) is 0.381. The van der Waals surface area contributed by atoms with Crippen molar-refractivity contribution in [3.05, 3.63) is 59.5 Å². The van der Waals surface area contributed by atoms with Crippen molar-refractivity contribution in [2.75, 3.05) is 26.2 Å². The number of nitrogens with zero attached hydrogens (tertiary/aromatic N) is 3. The van der Waals surface area contributed by atoms with Gasteiger partial charge in [-0.25, -0.2) is 13.4 Å². The molecule has 0 amide bonds. The first-order valence-corrected chi connectivity index (χ1v) is 11.1. The molecule has 0 atom stereocenters. The van der Waals surface area contributed by atoms with E-state index in [2.05, 4.69) is 16.8 Å². The standard InChI is InChI=1S/C21H25N3O3S/c1-3-17-5-7-18(8-6-17)28(25,26)24-12-10-23(11-13-24)15-21-22-19-9-4-16(2)14-20(19)27-21/h4-9,14H,3,10-13,15H2,1-2H3. The van der Waals surface area contributed by atoms with Gasteiger partial charge in [-0.05, 0) is 48.7 Å². The van der Waals surface area contributed by atoms with Gasteiger partial charge in [-0.2, -0.15) is 4.31 Å². The predicted molar refractivity (Wildman–Crippen MR) is 109 cm³/mol. The van der Waals surface area contributed by atoms with E-state index in [1.165, 1.54) is 0 Å². The highest BCUT2D eigenvalue weighted by molar-refractivity contribution is 7.89. The van der Waals surface area contributed by atoms with Crippen molar-refractivity contribution >= 4 is 21.1 Å². The highest BCUT2D eigenvalue weighted by Gasteiger charge is 2.28. The molecule has 3 aromatic rings. The minimum atomic E-state index is -3.44. The molecular weight excluding hydrogens is 374 g/mol. The van der Waals surface area contributed by atoms with E-state index in [-0.39, 0.29) is 0 Å². The molecule has 0 spiro atoms. The number of piperazine rings is 1. The Morgan fingerprint density at radius 3 is 2.43 bits per heavy atom. The first kappa shape index (κ1) is 19.1. The number of hydrogen-bond acceptors (Lipinski definition) is 5. The van der Waals surface area contributed by atoms with Crippen molar-refractivity contribution in [1.82, 2.24) is 14.2 Å². The zero-order valence-corrected chi connectivity index (χ0v) is 17.1. The van der Waals surface area contributed by atoms with Gasteiger partial charge in [-0.3, -0.25) is 4.90 Å². The highest BCUT2D eigenvalue weighted by atomic mass is 32.2. The van der Waals surface area contributed by atoms with Crippen molar-refractivity contribution in [1.29, 1.82) is 0 Å². The number of aromatic nitrogens is 1. The maximum absolute atomic E-state index is 12.9. The molecule has 0 radical (unpaired) electrons. The van der Waals surface area contributed by atoms with Gasteiger partial charge in [-0.1, -0.05) is 25.1 Å². The quantitative estimate of drug-likeness (QED) is 0.659. The molecule has 1 aliphatic rings. The lowest BCUT2D eigenvalue weighted by atomic mass is 10.2. The van der Waals surface area contributed by atoms with Crippen LogP contribution in [-0.4, -0.2) is 48.8 Å². The number of oxazole rings is 1. The van der Waals surface area contributed by atoms with Crippen LogP contribution in [0.5, 0.6) is 0 Å². The van der Waals surface area contributed by atoms with Crippen LogP contribution in [-0.2, 0) is 23.0 Å². The predicted octanol–water partition coefficient (Wildman–Crippen LogP) is 3.21. The van der Waals surface area contributed by atoms with Crippen LogP contribution in [0, 0.1) is 6.92 Å². The van der Waals surface area contributed by atoms with Crippen LogP contribution < -0.4 is 0 Å². The average molecular weight is 400 g/mol.